The van der Waals surface area contributed by atoms with Gasteiger partial charge in [0.15, 0.2) is 0 Å². The number of nitrogens with two attached hydrogens (primary N) is 1. The molecule has 0 bridgehead atoms. The summed E-state index contributed by atoms with van der Waals surface area (Å²) in [5.74, 6) is -0.310. The van der Waals surface area contributed by atoms with Gasteiger partial charge in [-0.05, 0) is 18.4 Å². The summed E-state index contributed by atoms with van der Waals surface area (Å²) in [6.45, 7) is 4.50. The molecule has 4 N–H and O–H groups in total. The van der Waals surface area contributed by atoms with Crippen molar-refractivity contribution in [2.24, 2.45) is 5.73 Å². The lowest BCUT2D eigenvalue weighted by atomic mass is 10.1. The Balaban J connectivity index is 0.00000484. The van der Waals surface area contributed by atoms with Crippen LogP contribution < -0.4 is 16.4 Å². The van der Waals surface area contributed by atoms with E-state index in [2.05, 4.69) is 22.8 Å². The Morgan fingerprint density at radius 2 is 1.87 bits per heavy atom. The van der Waals surface area contributed by atoms with Crippen molar-refractivity contribution in [3.05, 3.63) is 35.9 Å². The lowest BCUT2D eigenvalue weighted by Gasteiger charge is -2.20. The van der Waals surface area contributed by atoms with E-state index < -0.39 is 6.03 Å². The minimum atomic E-state index is -0.442. The van der Waals surface area contributed by atoms with Crippen molar-refractivity contribution < 1.29 is 9.59 Å². The standard InChI is InChI=1S/C16H26N4O2.ClH/c1-2-10-18-16(22)19-15(21)13-20(12-9-17)11-8-14-6-4-3-5-7-14;/h3-7H,2,8-13,17H2,1H3,(H2,18,19,21,22);1H. The lowest BCUT2D eigenvalue weighted by Crippen LogP contribution is -2.46. The molecule has 0 heterocycles. The summed E-state index contributed by atoms with van der Waals surface area (Å²) in [6, 6.07) is 9.63. The number of hydrogen-bond donors (Lipinski definition) is 3. The number of imide groups is 1. The van der Waals surface area contributed by atoms with Gasteiger partial charge in [0.1, 0.15) is 0 Å². The van der Waals surface area contributed by atoms with Crippen LogP contribution in [0.5, 0.6) is 0 Å². The summed E-state index contributed by atoms with van der Waals surface area (Å²) < 4.78 is 0. The van der Waals surface area contributed by atoms with Crippen molar-refractivity contribution in [2.45, 2.75) is 19.8 Å². The molecule has 1 aromatic carbocycles. The number of urea groups is 1. The molecule has 0 atom stereocenters. The molecule has 0 aliphatic carbocycles. The number of rotatable bonds is 9. The summed E-state index contributed by atoms with van der Waals surface area (Å²) in [6.07, 6.45) is 1.67. The molecule has 23 heavy (non-hydrogen) atoms. The van der Waals surface area contributed by atoms with Gasteiger partial charge in [-0.15, -0.1) is 12.4 Å². The number of benzene rings is 1. The fourth-order valence-electron chi connectivity index (χ4n) is 2.04. The minimum Gasteiger partial charge on any atom is -0.338 e. The highest BCUT2D eigenvalue weighted by atomic mass is 35.5. The first kappa shape index (κ1) is 21.4. The van der Waals surface area contributed by atoms with Crippen molar-refractivity contribution >= 4 is 24.3 Å². The third-order valence-electron chi connectivity index (χ3n) is 3.16. The van der Waals surface area contributed by atoms with E-state index in [0.717, 1.165) is 19.4 Å². The Hall–Kier alpha value is -1.63. The van der Waals surface area contributed by atoms with Crippen LogP contribution in [0.3, 0.4) is 0 Å². The molecule has 0 aromatic heterocycles. The number of hydrogen-bond acceptors (Lipinski definition) is 4. The molecule has 7 heteroatoms. The second-order valence-electron chi connectivity index (χ2n) is 5.10. The number of halogens is 1. The van der Waals surface area contributed by atoms with Crippen molar-refractivity contribution in [2.75, 3.05) is 32.7 Å². The molecule has 0 aliphatic rings. The molecule has 0 spiro atoms. The Kier molecular flexibility index (Phi) is 12.0. The predicted molar refractivity (Wildman–Crippen MR) is 94.7 cm³/mol. The molecule has 0 fully saturated rings. The fourth-order valence-corrected chi connectivity index (χ4v) is 2.04. The van der Waals surface area contributed by atoms with Gasteiger partial charge in [-0.3, -0.25) is 15.0 Å². The summed E-state index contributed by atoms with van der Waals surface area (Å²) in [7, 11) is 0. The Morgan fingerprint density at radius 1 is 1.17 bits per heavy atom. The van der Waals surface area contributed by atoms with E-state index in [9.17, 15) is 9.59 Å². The number of amides is 3. The molecule has 0 radical (unpaired) electrons. The Labute approximate surface area is 144 Å². The molecule has 3 amide bonds. The maximum Gasteiger partial charge on any atom is 0.321 e. The van der Waals surface area contributed by atoms with E-state index >= 15 is 0 Å². The van der Waals surface area contributed by atoms with Crippen LogP contribution in [0.15, 0.2) is 30.3 Å². The fraction of sp³-hybridized carbons (Fsp3) is 0.500. The molecule has 0 unspecified atom stereocenters. The van der Waals surface area contributed by atoms with Gasteiger partial charge in [0.2, 0.25) is 5.91 Å². The highest BCUT2D eigenvalue weighted by Crippen LogP contribution is 2.01. The normalized spacial score (nSPS) is 10.0. The second-order valence-corrected chi connectivity index (χ2v) is 5.10. The largest absolute Gasteiger partial charge is 0.338 e. The van der Waals surface area contributed by atoms with Crippen LogP contribution in [-0.4, -0.2) is 49.6 Å². The zero-order chi connectivity index (χ0) is 16.2. The molecular formula is C16H27ClN4O2. The number of carbonyl (C=O) groups is 2. The third kappa shape index (κ3) is 9.89. The van der Waals surface area contributed by atoms with Crippen molar-refractivity contribution in [1.82, 2.24) is 15.5 Å². The first-order chi connectivity index (χ1) is 10.7. The van der Waals surface area contributed by atoms with Crippen molar-refractivity contribution in [1.29, 1.82) is 0 Å². The maximum absolute atomic E-state index is 11.9. The monoisotopic (exact) mass is 342 g/mol. The molecule has 130 valence electrons. The molecule has 0 saturated heterocycles. The van der Waals surface area contributed by atoms with Gasteiger partial charge in [-0.25, -0.2) is 4.79 Å². The van der Waals surface area contributed by atoms with Gasteiger partial charge in [0.25, 0.3) is 0 Å². The van der Waals surface area contributed by atoms with E-state index in [1.807, 2.05) is 30.0 Å². The summed E-state index contributed by atoms with van der Waals surface area (Å²) in [5.41, 5.74) is 6.80. The van der Waals surface area contributed by atoms with Gasteiger partial charge in [0, 0.05) is 26.2 Å². The first-order valence-electron chi connectivity index (χ1n) is 7.69. The van der Waals surface area contributed by atoms with E-state index in [4.69, 9.17) is 5.73 Å². The highest BCUT2D eigenvalue weighted by Gasteiger charge is 2.12. The van der Waals surface area contributed by atoms with Crippen molar-refractivity contribution in [3.8, 4) is 0 Å². The van der Waals surface area contributed by atoms with Gasteiger partial charge in [-0.2, -0.15) is 0 Å². The Morgan fingerprint density at radius 3 is 2.48 bits per heavy atom. The maximum atomic E-state index is 11.9. The molecule has 1 rings (SSSR count). The highest BCUT2D eigenvalue weighted by molar-refractivity contribution is 5.95. The average Bonchev–Trinajstić information content (AvgIpc) is 2.51. The lowest BCUT2D eigenvalue weighted by molar-refractivity contribution is -0.121. The van der Waals surface area contributed by atoms with Crippen LogP contribution in [0.2, 0.25) is 0 Å². The molecule has 0 aliphatic heterocycles. The van der Waals surface area contributed by atoms with Crippen LogP contribution in [0, 0.1) is 0 Å². The molecule has 0 saturated carbocycles. The molecule has 6 nitrogen and oxygen atoms in total. The zero-order valence-electron chi connectivity index (χ0n) is 13.6. The first-order valence-corrected chi connectivity index (χ1v) is 7.69. The Bertz CT molecular complexity index is 457. The predicted octanol–water partition coefficient (Wildman–Crippen LogP) is 1.15. The average molecular weight is 343 g/mol. The smallest absolute Gasteiger partial charge is 0.321 e. The van der Waals surface area contributed by atoms with Crippen LogP contribution >= 0.6 is 12.4 Å². The van der Waals surface area contributed by atoms with E-state index in [-0.39, 0.29) is 24.9 Å². The third-order valence-corrected chi connectivity index (χ3v) is 3.16. The topological polar surface area (TPSA) is 87.5 Å². The quantitative estimate of drug-likeness (QED) is 0.628. The summed E-state index contributed by atoms with van der Waals surface area (Å²) in [4.78, 5) is 25.3. The van der Waals surface area contributed by atoms with Crippen LogP contribution in [0.25, 0.3) is 0 Å². The van der Waals surface area contributed by atoms with E-state index in [1.54, 1.807) is 0 Å². The summed E-state index contributed by atoms with van der Waals surface area (Å²) >= 11 is 0. The second kappa shape index (κ2) is 12.9. The van der Waals surface area contributed by atoms with E-state index in [1.165, 1.54) is 5.56 Å². The van der Waals surface area contributed by atoms with Gasteiger partial charge >= 0.3 is 6.03 Å². The number of nitrogens with one attached hydrogen (secondary N) is 2. The molecule has 1 aromatic rings. The van der Waals surface area contributed by atoms with Crippen molar-refractivity contribution in [3.63, 3.8) is 0 Å². The van der Waals surface area contributed by atoms with Crippen LogP contribution in [0.4, 0.5) is 4.79 Å². The zero-order valence-corrected chi connectivity index (χ0v) is 14.4. The molecular weight excluding hydrogens is 316 g/mol. The SMILES string of the molecule is CCCNC(=O)NC(=O)CN(CCN)CCc1ccccc1.Cl. The number of carbonyl (C=O) groups excluding carboxylic acids is 2. The van der Waals surface area contributed by atoms with Crippen LogP contribution in [-0.2, 0) is 11.2 Å². The van der Waals surface area contributed by atoms with Crippen LogP contribution in [0.1, 0.15) is 18.9 Å². The van der Waals surface area contributed by atoms with Gasteiger partial charge < -0.3 is 11.1 Å². The number of nitrogens with zero attached hydrogens (tertiary/aromatic N) is 1. The summed E-state index contributed by atoms with van der Waals surface area (Å²) in [5, 5.41) is 4.94. The van der Waals surface area contributed by atoms with Gasteiger partial charge in [-0.1, -0.05) is 37.3 Å². The minimum absolute atomic E-state index is 0. The van der Waals surface area contributed by atoms with E-state index in [0.29, 0.717) is 19.6 Å². The van der Waals surface area contributed by atoms with Gasteiger partial charge in [0.05, 0.1) is 6.54 Å².